The molecule has 0 saturated heterocycles. The van der Waals surface area contributed by atoms with Crippen LogP contribution < -0.4 is 5.73 Å². The molecule has 1 aromatic heterocycles. The molecule has 0 fully saturated rings. The van der Waals surface area contributed by atoms with Gasteiger partial charge >= 0.3 is 0 Å². The fourth-order valence-electron chi connectivity index (χ4n) is 2.62. The van der Waals surface area contributed by atoms with Crippen molar-refractivity contribution >= 4 is 5.91 Å². The normalized spacial score (nSPS) is 10.8. The second kappa shape index (κ2) is 8.52. The van der Waals surface area contributed by atoms with E-state index in [2.05, 4.69) is 9.97 Å². The molecule has 0 unspecified atom stereocenters. The molecule has 1 aromatic carbocycles. The van der Waals surface area contributed by atoms with E-state index in [1.165, 1.54) is 0 Å². The number of rotatable bonds is 8. The topological polar surface area (TPSA) is 109 Å². The van der Waals surface area contributed by atoms with Crippen LogP contribution in [0.5, 0.6) is 0 Å². The Labute approximate surface area is 141 Å². The summed E-state index contributed by atoms with van der Waals surface area (Å²) in [6.45, 7) is 2.02. The Morgan fingerprint density at radius 1 is 1.12 bits per heavy atom. The van der Waals surface area contributed by atoms with Gasteiger partial charge in [0.15, 0.2) is 5.82 Å². The van der Waals surface area contributed by atoms with Crippen LogP contribution in [0.15, 0.2) is 24.3 Å². The standard InChI is InChI=1S/C18H23N3O3/c1-12-5-2-6-13(11-12)18-20-15(8-4-10-23)14(7-3-9-22)16(21-18)17(19)24/h2,5-6,11,22-23H,3-4,7-10H2,1H3,(H2,19,24). The molecule has 2 rings (SSSR count). The highest BCUT2D eigenvalue weighted by Gasteiger charge is 2.18. The monoisotopic (exact) mass is 329 g/mol. The summed E-state index contributed by atoms with van der Waals surface area (Å²) in [5, 5.41) is 18.2. The quantitative estimate of drug-likeness (QED) is 0.678. The van der Waals surface area contributed by atoms with Gasteiger partial charge in [-0.15, -0.1) is 0 Å². The maximum absolute atomic E-state index is 11.9. The first kappa shape index (κ1) is 18.0. The smallest absolute Gasteiger partial charge is 0.267 e. The summed E-state index contributed by atoms with van der Waals surface area (Å²) in [7, 11) is 0. The van der Waals surface area contributed by atoms with E-state index in [9.17, 15) is 4.79 Å². The summed E-state index contributed by atoms with van der Waals surface area (Å²) < 4.78 is 0. The van der Waals surface area contributed by atoms with Crippen LogP contribution in [0.3, 0.4) is 0 Å². The minimum Gasteiger partial charge on any atom is -0.396 e. The minimum absolute atomic E-state index is 0.0112. The van der Waals surface area contributed by atoms with E-state index in [-0.39, 0.29) is 18.9 Å². The molecule has 24 heavy (non-hydrogen) atoms. The summed E-state index contributed by atoms with van der Waals surface area (Å²) in [6.07, 6.45) is 2.04. The van der Waals surface area contributed by atoms with Crippen molar-refractivity contribution in [2.75, 3.05) is 13.2 Å². The van der Waals surface area contributed by atoms with Crippen molar-refractivity contribution in [3.63, 3.8) is 0 Å². The predicted molar refractivity (Wildman–Crippen MR) is 91.5 cm³/mol. The van der Waals surface area contributed by atoms with Gasteiger partial charge in [0.05, 0.1) is 0 Å². The number of hydrogen-bond acceptors (Lipinski definition) is 5. The third kappa shape index (κ3) is 4.37. The van der Waals surface area contributed by atoms with Crippen LogP contribution in [-0.4, -0.2) is 39.3 Å². The van der Waals surface area contributed by atoms with Crippen molar-refractivity contribution < 1.29 is 15.0 Å². The largest absolute Gasteiger partial charge is 0.396 e. The molecule has 0 aliphatic heterocycles. The highest BCUT2D eigenvalue weighted by molar-refractivity contribution is 5.93. The Hall–Kier alpha value is -2.31. The van der Waals surface area contributed by atoms with Crippen molar-refractivity contribution in [2.24, 2.45) is 5.73 Å². The third-order valence-corrected chi connectivity index (χ3v) is 3.76. The molecular weight excluding hydrogens is 306 g/mol. The molecule has 0 aliphatic carbocycles. The summed E-state index contributed by atoms with van der Waals surface area (Å²) in [5.74, 6) is -0.155. The highest BCUT2D eigenvalue weighted by Crippen LogP contribution is 2.22. The third-order valence-electron chi connectivity index (χ3n) is 3.76. The highest BCUT2D eigenvalue weighted by atomic mass is 16.3. The van der Waals surface area contributed by atoms with Crippen LogP contribution in [0.25, 0.3) is 11.4 Å². The van der Waals surface area contributed by atoms with Gasteiger partial charge in [-0.25, -0.2) is 9.97 Å². The van der Waals surface area contributed by atoms with Gasteiger partial charge < -0.3 is 15.9 Å². The van der Waals surface area contributed by atoms with Crippen LogP contribution in [-0.2, 0) is 12.8 Å². The number of aliphatic hydroxyl groups excluding tert-OH is 2. The molecule has 0 atom stereocenters. The molecule has 6 heteroatoms. The molecule has 4 N–H and O–H groups in total. The lowest BCUT2D eigenvalue weighted by atomic mass is 10.0. The van der Waals surface area contributed by atoms with Crippen LogP contribution in [0.4, 0.5) is 0 Å². The fourth-order valence-corrected chi connectivity index (χ4v) is 2.62. The van der Waals surface area contributed by atoms with Gasteiger partial charge in [0.25, 0.3) is 5.91 Å². The molecule has 0 saturated carbocycles. The van der Waals surface area contributed by atoms with E-state index in [4.69, 9.17) is 15.9 Å². The Morgan fingerprint density at radius 3 is 2.46 bits per heavy atom. The molecule has 0 spiro atoms. The number of primary amides is 1. The van der Waals surface area contributed by atoms with Crippen molar-refractivity contribution in [1.29, 1.82) is 0 Å². The van der Waals surface area contributed by atoms with Gasteiger partial charge in [-0.2, -0.15) is 0 Å². The minimum atomic E-state index is -0.607. The number of aryl methyl sites for hydroxylation is 2. The molecule has 2 aromatic rings. The van der Waals surface area contributed by atoms with E-state index in [0.717, 1.165) is 11.1 Å². The van der Waals surface area contributed by atoms with E-state index >= 15 is 0 Å². The van der Waals surface area contributed by atoms with Crippen LogP contribution in [0, 0.1) is 6.92 Å². The van der Waals surface area contributed by atoms with Crippen LogP contribution in [0.1, 0.15) is 40.2 Å². The molecule has 128 valence electrons. The van der Waals surface area contributed by atoms with E-state index in [0.29, 0.717) is 42.8 Å². The summed E-state index contributed by atoms with van der Waals surface area (Å²) in [6, 6.07) is 7.71. The van der Waals surface area contributed by atoms with Gasteiger partial charge in [0.2, 0.25) is 0 Å². The summed E-state index contributed by atoms with van der Waals surface area (Å²) in [5.41, 5.74) is 8.97. The molecule has 0 radical (unpaired) electrons. The Morgan fingerprint density at radius 2 is 1.83 bits per heavy atom. The Kier molecular flexibility index (Phi) is 6.40. The second-order valence-corrected chi connectivity index (χ2v) is 5.71. The molecular formula is C18H23N3O3. The van der Waals surface area contributed by atoms with Crippen molar-refractivity contribution in [2.45, 2.75) is 32.6 Å². The molecule has 6 nitrogen and oxygen atoms in total. The van der Waals surface area contributed by atoms with Crippen molar-refractivity contribution in [1.82, 2.24) is 9.97 Å². The SMILES string of the molecule is Cc1cccc(-c2nc(CCCO)c(CCCO)c(C(N)=O)n2)c1. The van der Waals surface area contributed by atoms with E-state index in [1.54, 1.807) is 0 Å². The van der Waals surface area contributed by atoms with Gasteiger partial charge in [0.1, 0.15) is 5.69 Å². The molecule has 0 bridgehead atoms. The molecule has 1 heterocycles. The number of carbonyl (C=O) groups is 1. The van der Waals surface area contributed by atoms with E-state index in [1.807, 2.05) is 31.2 Å². The van der Waals surface area contributed by atoms with Gasteiger partial charge in [-0.05, 0) is 38.7 Å². The van der Waals surface area contributed by atoms with Gasteiger partial charge in [0, 0.05) is 30.0 Å². The van der Waals surface area contributed by atoms with Gasteiger partial charge in [-0.3, -0.25) is 4.79 Å². The number of hydrogen-bond donors (Lipinski definition) is 3. The second-order valence-electron chi connectivity index (χ2n) is 5.71. The van der Waals surface area contributed by atoms with Crippen molar-refractivity contribution in [3.8, 4) is 11.4 Å². The predicted octanol–water partition coefficient (Wildman–Crippen LogP) is 1.40. The van der Waals surface area contributed by atoms with Crippen molar-refractivity contribution in [3.05, 3.63) is 46.8 Å². The summed E-state index contributed by atoms with van der Waals surface area (Å²) in [4.78, 5) is 20.9. The fraction of sp³-hybridized carbons (Fsp3) is 0.389. The number of benzene rings is 1. The maximum atomic E-state index is 11.9. The van der Waals surface area contributed by atoms with Gasteiger partial charge in [-0.1, -0.05) is 23.8 Å². The number of aliphatic hydroxyl groups is 2. The average molecular weight is 329 g/mol. The lowest BCUT2D eigenvalue weighted by Crippen LogP contribution is -2.20. The Bertz CT molecular complexity index is 717. The van der Waals surface area contributed by atoms with Crippen LogP contribution in [0.2, 0.25) is 0 Å². The number of nitrogens with two attached hydrogens (primary N) is 1. The first-order valence-corrected chi connectivity index (χ1v) is 8.05. The first-order valence-electron chi connectivity index (χ1n) is 8.05. The number of carbonyl (C=O) groups excluding carboxylic acids is 1. The molecule has 1 amide bonds. The Balaban J connectivity index is 2.57. The maximum Gasteiger partial charge on any atom is 0.267 e. The average Bonchev–Trinajstić information content (AvgIpc) is 2.57. The van der Waals surface area contributed by atoms with Crippen LogP contribution >= 0.6 is 0 Å². The number of amides is 1. The number of nitrogens with zero attached hydrogens (tertiary/aromatic N) is 2. The summed E-state index contributed by atoms with van der Waals surface area (Å²) >= 11 is 0. The number of aromatic nitrogens is 2. The molecule has 0 aliphatic rings. The first-order chi connectivity index (χ1) is 11.6. The zero-order valence-electron chi connectivity index (χ0n) is 13.8. The lowest BCUT2D eigenvalue weighted by Gasteiger charge is -2.14. The zero-order valence-corrected chi connectivity index (χ0v) is 13.8. The lowest BCUT2D eigenvalue weighted by molar-refractivity contribution is 0.0994. The zero-order chi connectivity index (χ0) is 17.5. The van der Waals surface area contributed by atoms with E-state index < -0.39 is 5.91 Å².